The van der Waals surface area contributed by atoms with Crippen LogP contribution in [-0.4, -0.2) is 34.2 Å². The monoisotopic (exact) mass is 447 g/mol. The van der Waals surface area contributed by atoms with Crippen LogP contribution in [0, 0.1) is 0 Å². The van der Waals surface area contributed by atoms with E-state index in [0.717, 1.165) is 12.2 Å². The first-order chi connectivity index (χ1) is 14.4. The zero-order valence-corrected chi connectivity index (χ0v) is 18.1. The van der Waals surface area contributed by atoms with Crippen molar-refractivity contribution in [3.05, 3.63) is 71.4 Å². The molecular weight excluding hydrogens is 426 g/mol. The summed E-state index contributed by atoms with van der Waals surface area (Å²) in [6, 6.07) is 15.6. The Morgan fingerprint density at radius 2 is 1.77 bits per heavy atom. The molecule has 7 nitrogen and oxygen atoms in total. The summed E-state index contributed by atoms with van der Waals surface area (Å²) >= 11 is 5.94. The fraction of sp³-hybridized carbons (Fsp3) is 0.190. The normalized spacial score (nSPS) is 11.0. The zero-order valence-electron chi connectivity index (χ0n) is 16.6. The highest BCUT2D eigenvalue weighted by atomic mass is 35.5. The van der Waals surface area contributed by atoms with Crippen LogP contribution in [0.25, 0.3) is 0 Å². The van der Waals surface area contributed by atoms with E-state index in [1.165, 1.54) is 31.0 Å². The van der Waals surface area contributed by atoms with Crippen molar-refractivity contribution in [1.82, 2.24) is 4.98 Å². The van der Waals surface area contributed by atoms with Gasteiger partial charge in [0.1, 0.15) is 22.2 Å². The van der Waals surface area contributed by atoms with Gasteiger partial charge in [0.2, 0.25) is 0 Å². The number of rotatable bonds is 9. The van der Waals surface area contributed by atoms with Gasteiger partial charge in [0.25, 0.3) is 10.0 Å². The van der Waals surface area contributed by atoms with Gasteiger partial charge in [0.05, 0.1) is 26.1 Å². The van der Waals surface area contributed by atoms with Crippen LogP contribution in [0.2, 0.25) is 5.02 Å². The molecule has 0 bridgehead atoms. The van der Waals surface area contributed by atoms with E-state index in [1.807, 2.05) is 24.3 Å². The molecule has 0 atom stereocenters. The molecular formula is C21H22ClN3O4S. The van der Waals surface area contributed by atoms with E-state index in [0.29, 0.717) is 23.1 Å². The van der Waals surface area contributed by atoms with Crippen molar-refractivity contribution in [3.8, 4) is 11.5 Å². The number of hydrogen-bond donors (Lipinski definition) is 2. The van der Waals surface area contributed by atoms with E-state index in [2.05, 4.69) is 15.0 Å². The lowest BCUT2D eigenvalue weighted by Gasteiger charge is -2.12. The first kappa shape index (κ1) is 21.7. The van der Waals surface area contributed by atoms with Crippen LogP contribution in [0.15, 0.2) is 65.7 Å². The summed E-state index contributed by atoms with van der Waals surface area (Å²) in [6.45, 7) is 0.685. The van der Waals surface area contributed by atoms with Crippen molar-refractivity contribution in [2.45, 2.75) is 11.3 Å². The Kier molecular flexibility index (Phi) is 7.02. The van der Waals surface area contributed by atoms with Crippen LogP contribution in [-0.2, 0) is 16.4 Å². The van der Waals surface area contributed by atoms with Gasteiger partial charge in [0, 0.05) is 11.6 Å². The highest BCUT2D eigenvalue weighted by molar-refractivity contribution is 7.92. The summed E-state index contributed by atoms with van der Waals surface area (Å²) in [5.74, 6) is 1.67. The molecule has 0 spiro atoms. The molecule has 2 aromatic carbocycles. The van der Waals surface area contributed by atoms with Crippen LogP contribution < -0.4 is 19.5 Å². The number of aromatic nitrogens is 1. The molecule has 9 heteroatoms. The summed E-state index contributed by atoms with van der Waals surface area (Å²) < 4.78 is 38.1. The Bertz CT molecular complexity index is 1090. The lowest BCUT2D eigenvalue weighted by Crippen LogP contribution is -2.14. The van der Waals surface area contributed by atoms with Gasteiger partial charge in [-0.1, -0.05) is 23.7 Å². The first-order valence-electron chi connectivity index (χ1n) is 9.10. The van der Waals surface area contributed by atoms with Crippen LogP contribution >= 0.6 is 11.6 Å². The molecule has 3 rings (SSSR count). The molecule has 30 heavy (non-hydrogen) atoms. The molecule has 0 amide bonds. The molecule has 0 saturated heterocycles. The molecule has 158 valence electrons. The van der Waals surface area contributed by atoms with Crippen LogP contribution in [0.5, 0.6) is 11.5 Å². The Labute approximate surface area is 181 Å². The molecule has 3 aromatic rings. The van der Waals surface area contributed by atoms with Gasteiger partial charge in [0.15, 0.2) is 0 Å². The van der Waals surface area contributed by atoms with Gasteiger partial charge in [-0.2, -0.15) is 0 Å². The standard InChI is InChI=1S/C21H22ClN3O4S/c1-28-18-7-3-15(4-8-18)11-12-23-21-10-6-17(14-24-21)25-30(26,27)20-13-16(22)5-9-19(20)29-2/h3-10,13-14,25H,11-12H2,1-2H3,(H,23,24). The second-order valence-electron chi connectivity index (χ2n) is 6.36. The van der Waals surface area contributed by atoms with Crippen molar-refractivity contribution >= 4 is 33.1 Å². The predicted octanol–water partition coefficient (Wildman–Crippen LogP) is 4.21. The molecule has 0 aliphatic carbocycles. The maximum absolute atomic E-state index is 12.7. The quantitative estimate of drug-likeness (QED) is 0.510. The Morgan fingerprint density at radius 3 is 2.40 bits per heavy atom. The van der Waals surface area contributed by atoms with E-state index in [-0.39, 0.29) is 10.6 Å². The third-order valence-corrected chi connectivity index (χ3v) is 5.95. The summed E-state index contributed by atoms with van der Waals surface area (Å²) in [6.07, 6.45) is 2.26. The molecule has 1 aromatic heterocycles. The maximum Gasteiger partial charge on any atom is 0.265 e. The van der Waals surface area contributed by atoms with E-state index in [9.17, 15) is 8.42 Å². The number of nitrogens with zero attached hydrogens (tertiary/aromatic N) is 1. The van der Waals surface area contributed by atoms with Crippen molar-refractivity contribution in [3.63, 3.8) is 0 Å². The molecule has 0 radical (unpaired) electrons. The summed E-state index contributed by atoms with van der Waals surface area (Å²) in [5, 5.41) is 3.51. The highest BCUT2D eigenvalue weighted by Gasteiger charge is 2.20. The average Bonchev–Trinajstić information content (AvgIpc) is 2.75. The van der Waals surface area contributed by atoms with Crippen molar-refractivity contribution < 1.29 is 17.9 Å². The second kappa shape index (κ2) is 9.69. The number of methoxy groups -OCH3 is 2. The van der Waals surface area contributed by atoms with Gasteiger partial charge in [-0.15, -0.1) is 0 Å². The molecule has 0 saturated carbocycles. The summed E-state index contributed by atoms with van der Waals surface area (Å²) in [7, 11) is -0.845. The zero-order chi connectivity index (χ0) is 21.6. The number of halogens is 1. The molecule has 1 heterocycles. The maximum atomic E-state index is 12.7. The summed E-state index contributed by atoms with van der Waals surface area (Å²) in [4.78, 5) is 4.22. The van der Waals surface area contributed by atoms with Gasteiger partial charge in [-0.05, 0) is 54.4 Å². The third kappa shape index (κ3) is 5.55. The van der Waals surface area contributed by atoms with Crippen LogP contribution in [0.3, 0.4) is 0 Å². The largest absolute Gasteiger partial charge is 0.497 e. The van der Waals surface area contributed by atoms with Gasteiger partial charge < -0.3 is 14.8 Å². The number of ether oxygens (including phenoxy) is 2. The minimum Gasteiger partial charge on any atom is -0.497 e. The second-order valence-corrected chi connectivity index (χ2v) is 8.44. The number of nitrogens with one attached hydrogen (secondary N) is 2. The first-order valence-corrected chi connectivity index (χ1v) is 11.0. The van der Waals surface area contributed by atoms with Crippen LogP contribution in [0.4, 0.5) is 11.5 Å². The van der Waals surface area contributed by atoms with E-state index >= 15 is 0 Å². The predicted molar refractivity (Wildman–Crippen MR) is 118 cm³/mol. The fourth-order valence-electron chi connectivity index (χ4n) is 2.76. The Balaban J connectivity index is 1.60. The molecule has 0 unspecified atom stereocenters. The number of sulfonamides is 1. The minimum atomic E-state index is -3.88. The fourth-order valence-corrected chi connectivity index (χ4v) is 4.23. The van der Waals surface area contributed by atoms with Crippen LogP contribution in [0.1, 0.15) is 5.56 Å². The highest BCUT2D eigenvalue weighted by Crippen LogP contribution is 2.28. The van der Waals surface area contributed by atoms with Crippen molar-refractivity contribution in [2.24, 2.45) is 0 Å². The number of benzene rings is 2. The minimum absolute atomic E-state index is 0.0424. The average molecular weight is 448 g/mol. The van der Waals surface area contributed by atoms with Gasteiger partial charge in [-0.25, -0.2) is 13.4 Å². The number of pyridine rings is 1. The number of anilines is 2. The van der Waals surface area contributed by atoms with E-state index in [1.54, 1.807) is 25.3 Å². The van der Waals surface area contributed by atoms with Gasteiger partial charge in [-0.3, -0.25) is 4.72 Å². The molecule has 0 aliphatic rings. The molecule has 0 fully saturated rings. The lowest BCUT2D eigenvalue weighted by atomic mass is 10.1. The lowest BCUT2D eigenvalue weighted by molar-refractivity contribution is 0.403. The van der Waals surface area contributed by atoms with E-state index < -0.39 is 10.0 Å². The van der Waals surface area contributed by atoms with E-state index in [4.69, 9.17) is 21.1 Å². The SMILES string of the molecule is COc1ccc(CCNc2ccc(NS(=O)(=O)c3cc(Cl)ccc3OC)cn2)cc1. The topological polar surface area (TPSA) is 89.6 Å². The number of hydrogen-bond acceptors (Lipinski definition) is 6. The molecule has 0 aliphatic heterocycles. The van der Waals surface area contributed by atoms with Crippen molar-refractivity contribution in [2.75, 3.05) is 30.8 Å². The van der Waals surface area contributed by atoms with Crippen molar-refractivity contribution in [1.29, 1.82) is 0 Å². The van der Waals surface area contributed by atoms with Gasteiger partial charge >= 0.3 is 0 Å². The Hall–Kier alpha value is -2.97. The third-order valence-electron chi connectivity index (χ3n) is 4.31. The Morgan fingerprint density at radius 1 is 1.00 bits per heavy atom. The smallest absolute Gasteiger partial charge is 0.265 e. The summed E-state index contributed by atoms with van der Waals surface area (Å²) in [5.41, 5.74) is 1.50. The molecule has 2 N–H and O–H groups in total.